The summed E-state index contributed by atoms with van der Waals surface area (Å²) in [5.74, 6) is -0.706. The van der Waals surface area contributed by atoms with E-state index in [0.29, 0.717) is 0 Å². The van der Waals surface area contributed by atoms with Crippen molar-refractivity contribution < 1.29 is 19.1 Å². The van der Waals surface area contributed by atoms with Crippen LogP contribution in [0.25, 0.3) is 0 Å². The number of hydrogen-bond donors (Lipinski definition) is 2. The summed E-state index contributed by atoms with van der Waals surface area (Å²) in [4.78, 5) is 15.6. The zero-order valence-electron chi connectivity index (χ0n) is 8.61. The summed E-state index contributed by atoms with van der Waals surface area (Å²) in [6.07, 6.45) is 0. The molecular formula is C10H11FN2O3. The molecule has 0 fully saturated rings. The molecule has 0 aliphatic carbocycles. The molecule has 1 aromatic rings. The van der Waals surface area contributed by atoms with Gasteiger partial charge >= 0.3 is 0 Å². The first-order valence-corrected chi connectivity index (χ1v) is 4.47. The van der Waals surface area contributed by atoms with Gasteiger partial charge in [-0.1, -0.05) is 17.3 Å². The number of amides is 1. The molecule has 0 spiro atoms. The number of nitrogens with one attached hydrogen (secondary N) is 1. The fraction of sp³-hybridized carbons (Fsp3) is 0.200. The van der Waals surface area contributed by atoms with Crippen molar-refractivity contribution in [2.24, 2.45) is 5.16 Å². The standard InChI is InChI=1S/C10H11FN2O3/c1-12-10(15)9(13-16-6-11)7-4-2-3-5-8(7)14/h2-5,14H,6H2,1H3,(H,12,15)/b13-9+. The van der Waals surface area contributed by atoms with Gasteiger partial charge in [-0.2, -0.15) is 0 Å². The highest BCUT2D eigenvalue weighted by atomic mass is 19.1. The molecule has 6 heteroatoms. The minimum absolute atomic E-state index is 0.132. The smallest absolute Gasteiger partial charge is 0.273 e. The highest BCUT2D eigenvalue weighted by molar-refractivity contribution is 6.45. The van der Waals surface area contributed by atoms with Crippen LogP contribution in [0.4, 0.5) is 4.39 Å². The summed E-state index contributed by atoms with van der Waals surface area (Å²) in [7, 11) is 1.40. The summed E-state index contributed by atoms with van der Waals surface area (Å²) >= 11 is 0. The summed E-state index contributed by atoms with van der Waals surface area (Å²) in [6, 6.07) is 6.08. The molecule has 5 nitrogen and oxygen atoms in total. The fourth-order valence-corrected chi connectivity index (χ4v) is 1.09. The van der Waals surface area contributed by atoms with E-state index in [9.17, 15) is 14.3 Å². The van der Waals surface area contributed by atoms with Crippen LogP contribution in [0.15, 0.2) is 29.4 Å². The van der Waals surface area contributed by atoms with E-state index in [4.69, 9.17) is 0 Å². The molecule has 0 bridgehead atoms. The zero-order chi connectivity index (χ0) is 12.0. The Morgan fingerprint density at radius 2 is 2.25 bits per heavy atom. The van der Waals surface area contributed by atoms with Crippen LogP contribution in [-0.4, -0.2) is 30.6 Å². The highest BCUT2D eigenvalue weighted by Crippen LogP contribution is 2.16. The minimum atomic E-state index is -1.14. The van der Waals surface area contributed by atoms with Crippen LogP contribution in [0.1, 0.15) is 5.56 Å². The lowest BCUT2D eigenvalue weighted by Crippen LogP contribution is -2.28. The SMILES string of the molecule is CNC(=O)/C(=N/OCF)c1ccccc1O. The van der Waals surface area contributed by atoms with Crippen molar-refractivity contribution in [2.75, 3.05) is 13.9 Å². The molecule has 16 heavy (non-hydrogen) atoms. The first-order chi connectivity index (χ1) is 7.70. The first-order valence-electron chi connectivity index (χ1n) is 4.47. The van der Waals surface area contributed by atoms with Gasteiger partial charge in [0.05, 0.1) is 5.56 Å². The Bertz CT molecular complexity index is 407. The van der Waals surface area contributed by atoms with E-state index in [1.807, 2.05) is 0 Å². The van der Waals surface area contributed by atoms with Gasteiger partial charge in [-0.3, -0.25) is 4.79 Å². The van der Waals surface area contributed by atoms with Crippen molar-refractivity contribution in [3.63, 3.8) is 0 Å². The molecule has 0 atom stereocenters. The molecule has 0 saturated heterocycles. The third-order valence-electron chi connectivity index (χ3n) is 1.81. The second kappa shape index (κ2) is 5.69. The second-order valence-corrected chi connectivity index (χ2v) is 2.77. The van der Waals surface area contributed by atoms with E-state index in [1.54, 1.807) is 12.1 Å². The number of oxime groups is 1. The number of nitrogens with zero attached hydrogens (tertiary/aromatic N) is 1. The van der Waals surface area contributed by atoms with Crippen LogP contribution in [0.2, 0.25) is 0 Å². The maximum atomic E-state index is 11.8. The number of carbonyl (C=O) groups is 1. The van der Waals surface area contributed by atoms with Crippen molar-refractivity contribution in [1.82, 2.24) is 5.32 Å². The third-order valence-corrected chi connectivity index (χ3v) is 1.81. The molecule has 0 heterocycles. The number of likely N-dealkylation sites (N-methyl/N-ethyl adjacent to an activating group) is 1. The van der Waals surface area contributed by atoms with E-state index in [1.165, 1.54) is 19.2 Å². The Hall–Kier alpha value is -2.11. The third kappa shape index (κ3) is 2.69. The lowest BCUT2D eigenvalue weighted by molar-refractivity contribution is -0.114. The lowest BCUT2D eigenvalue weighted by atomic mass is 10.1. The van der Waals surface area contributed by atoms with Crippen molar-refractivity contribution in [3.05, 3.63) is 29.8 Å². The minimum Gasteiger partial charge on any atom is -0.507 e. The molecule has 0 aliphatic rings. The first kappa shape index (κ1) is 12.0. The lowest BCUT2D eigenvalue weighted by Gasteiger charge is -2.06. The number of halogens is 1. The van der Waals surface area contributed by atoms with Crippen LogP contribution in [0.3, 0.4) is 0 Å². The number of rotatable bonds is 4. The van der Waals surface area contributed by atoms with E-state index >= 15 is 0 Å². The van der Waals surface area contributed by atoms with Gasteiger partial charge in [0.25, 0.3) is 12.8 Å². The number of phenolic OH excluding ortho intramolecular Hbond substituents is 1. The Morgan fingerprint density at radius 3 is 2.81 bits per heavy atom. The topological polar surface area (TPSA) is 70.9 Å². The maximum absolute atomic E-state index is 11.8. The number of para-hydroxylation sites is 1. The Balaban J connectivity index is 3.11. The maximum Gasteiger partial charge on any atom is 0.273 e. The second-order valence-electron chi connectivity index (χ2n) is 2.77. The Labute approximate surface area is 91.5 Å². The Kier molecular flexibility index (Phi) is 4.26. The van der Waals surface area contributed by atoms with Crippen molar-refractivity contribution in [2.45, 2.75) is 0 Å². The van der Waals surface area contributed by atoms with Crippen molar-refractivity contribution in [1.29, 1.82) is 0 Å². The molecule has 0 radical (unpaired) electrons. The van der Waals surface area contributed by atoms with Gasteiger partial charge in [0.15, 0.2) is 5.71 Å². The van der Waals surface area contributed by atoms with E-state index in [0.717, 1.165) is 0 Å². The predicted octanol–water partition coefficient (Wildman–Crippen LogP) is 0.786. The molecule has 0 saturated carbocycles. The average molecular weight is 226 g/mol. The van der Waals surface area contributed by atoms with Gasteiger partial charge in [-0.25, -0.2) is 4.39 Å². The quantitative estimate of drug-likeness (QED) is 0.589. The van der Waals surface area contributed by atoms with Gasteiger partial charge in [0.1, 0.15) is 5.75 Å². The normalized spacial score (nSPS) is 11.0. The summed E-state index contributed by atoms with van der Waals surface area (Å²) in [5.41, 5.74) is -0.00597. The van der Waals surface area contributed by atoms with Gasteiger partial charge in [0, 0.05) is 7.05 Å². The van der Waals surface area contributed by atoms with Gasteiger partial charge < -0.3 is 15.3 Å². The monoisotopic (exact) mass is 226 g/mol. The number of hydrogen-bond acceptors (Lipinski definition) is 4. The molecule has 1 aromatic carbocycles. The largest absolute Gasteiger partial charge is 0.507 e. The predicted molar refractivity (Wildman–Crippen MR) is 55.8 cm³/mol. The molecular weight excluding hydrogens is 215 g/mol. The van der Waals surface area contributed by atoms with Crippen LogP contribution in [0, 0.1) is 0 Å². The van der Waals surface area contributed by atoms with Crippen LogP contribution >= 0.6 is 0 Å². The van der Waals surface area contributed by atoms with Crippen molar-refractivity contribution >= 4 is 11.6 Å². The molecule has 0 unspecified atom stereocenters. The molecule has 1 amide bonds. The number of alkyl halides is 1. The number of aromatic hydroxyl groups is 1. The average Bonchev–Trinajstić information content (AvgIpc) is 2.31. The van der Waals surface area contributed by atoms with Crippen LogP contribution in [0.5, 0.6) is 5.75 Å². The fourth-order valence-electron chi connectivity index (χ4n) is 1.09. The van der Waals surface area contributed by atoms with E-state index in [2.05, 4.69) is 15.3 Å². The highest BCUT2D eigenvalue weighted by Gasteiger charge is 2.16. The zero-order valence-corrected chi connectivity index (χ0v) is 8.61. The Morgan fingerprint density at radius 1 is 1.56 bits per heavy atom. The van der Waals surface area contributed by atoms with Gasteiger partial charge in [-0.05, 0) is 12.1 Å². The number of benzene rings is 1. The molecule has 1 rings (SSSR count). The summed E-state index contributed by atoms with van der Waals surface area (Å²) < 4.78 is 11.8. The van der Waals surface area contributed by atoms with E-state index in [-0.39, 0.29) is 17.0 Å². The number of carbonyl (C=O) groups excluding carboxylic acids is 1. The van der Waals surface area contributed by atoms with Crippen LogP contribution < -0.4 is 5.32 Å². The van der Waals surface area contributed by atoms with Gasteiger partial charge in [-0.15, -0.1) is 0 Å². The van der Waals surface area contributed by atoms with Crippen LogP contribution in [-0.2, 0) is 9.63 Å². The summed E-state index contributed by atoms with van der Waals surface area (Å²) in [6.45, 7) is -1.14. The summed E-state index contributed by atoms with van der Waals surface area (Å²) in [5, 5.41) is 15.1. The molecule has 0 aromatic heterocycles. The van der Waals surface area contributed by atoms with E-state index < -0.39 is 12.8 Å². The van der Waals surface area contributed by atoms with Gasteiger partial charge in [0.2, 0.25) is 0 Å². The van der Waals surface area contributed by atoms with Crippen molar-refractivity contribution in [3.8, 4) is 5.75 Å². The molecule has 0 aliphatic heterocycles. The molecule has 2 N–H and O–H groups in total. The number of phenols is 1. The molecule has 86 valence electrons.